The van der Waals surface area contributed by atoms with Crippen LogP contribution in [-0.4, -0.2) is 21.9 Å². The third-order valence-corrected chi connectivity index (χ3v) is 2.65. The van der Waals surface area contributed by atoms with Crippen molar-refractivity contribution in [3.05, 3.63) is 12.2 Å². The molecule has 0 fully saturated rings. The summed E-state index contributed by atoms with van der Waals surface area (Å²) in [6.07, 6.45) is 1.59. The Morgan fingerprint density at radius 1 is 1.64 bits per heavy atom. The lowest BCUT2D eigenvalue weighted by Crippen LogP contribution is -2.18. The highest BCUT2D eigenvalue weighted by Crippen LogP contribution is 2.02. The van der Waals surface area contributed by atoms with Crippen molar-refractivity contribution >= 4 is 16.2 Å². The van der Waals surface area contributed by atoms with Crippen molar-refractivity contribution in [1.29, 1.82) is 0 Å². The molecule has 1 atom stereocenters. The van der Waals surface area contributed by atoms with E-state index in [1.54, 1.807) is 0 Å². The first-order valence-electron chi connectivity index (χ1n) is 4.00. The number of rotatable bonds is 4. The molecule has 0 aliphatic rings. The molecule has 0 radical (unpaired) electrons. The standard InChI is InChI=1S/C8H16O2Si/c1-4-6(3)8(9)10-7(11)5-2/h7H,3-5H2,1-2,11H3. The van der Waals surface area contributed by atoms with E-state index in [4.69, 9.17) is 4.74 Å². The maximum Gasteiger partial charge on any atom is 0.333 e. The molecule has 3 heteroatoms. The van der Waals surface area contributed by atoms with Crippen LogP contribution in [0.4, 0.5) is 0 Å². The van der Waals surface area contributed by atoms with Gasteiger partial charge in [-0.25, -0.2) is 4.79 Å². The van der Waals surface area contributed by atoms with Gasteiger partial charge in [0.05, 0.1) is 16.0 Å². The van der Waals surface area contributed by atoms with Crippen LogP contribution in [0, 0.1) is 0 Å². The highest BCUT2D eigenvalue weighted by atomic mass is 28.1. The molecule has 64 valence electrons. The van der Waals surface area contributed by atoms with E-state index in [0.717, 1.165) is 16.7 Å². The number of ether oxygens (including phenoxy) is 1. The smallest absolute Gasteiger partial charge is 0.333 e. The van der Waals surface area contributed by atoms with Crippen molar-refractivity contribution in [2.75, 3.05) is 0 Å². The van der Waals surface area contributed by atoms with Crippen LogP contribution in [0.3, 0.4) is 0 Å². The molecule has 0 aromatic rings. The number of carbonyl (C=O) groups excluding carboxylic acids is 1. The van der Waals surface area contributed by atoms with Crippen molar-refractivity contribution < 1.29 is 9.53 Å². The molecule has 0 aromatic carbocycles. The highest BCUT2D eigenvalue weighted by molar-refractivity contribution is 6.12. The first-order chi connectivity index (χ1) is 5.11. The molecule has 0 aliphatic carbocycles. The van der Waals surface area contributed by atoms with Gasteiger partial charge in [0.25, 0.3) is 0 Å². The predicted octanol–water partition coefficient (Wildman–Crippen LogP) is 0.597. The minimum atomic E-state index is -0.227. The molecule has 0 aromatic heterocycles. The van der Waals surface area contributed by atoms with Crippen LogP contribution in [0.15, 0.2) is 12.2 Å². The molecule has 11 heavy (non-hydrogen) atoms. The Hall–Kier alpha value is -0.573. The summed E-state index contributed by atoms with van der Waals surface area (Å²) >= 11 is 0. The second-order valence-electron chi connectivity index (χ2n) is 2.58. The average molecular weight is 172 g/mol. The molecule has 0 amide bonds. The average Bonchev–Trinajstić information content (AvgIpc) is 2.02. The lowest BCUT2D eigenvalue weighted by atomic mass is 10.2. The van der Waals surface area contributed by atoms with Gasteiger partial charge < -0.3 is 4.74 Å². The fraction of sp³-hybridized carbons (Fsp3) is 0.625. The maximum absolute atomic E-state index is 11.0. The van der Waals surface area contributed by atoms with Gasteiger partial charge in [-0.05, 0) is 12.8 Å². The summed E-state index contributed by atoms with van der Waals surface area (Å²) in [6.45, 7) is 7.52. The van der Waals surface area contributed by atoms with Crippen LogP contribution in [0.1, 0.15) is 26.7 Å². The summed E-state index contributed by atoms with van der Waals surface area (Å²) in [4.78, 5) is 11.0. The summed E-state index contributed by atoms with van der Waals surface area (Å²) in [7, 11) is 0.902. The van der Waals surface area contributed by atoms with Crippen molar-refractivity contribution in [2.45, 2.75) is 32.4 Å². The molecule has 0 N–H and O–H groups in total. The molecule has 0 bridgehead atoms. The van der Waals surface area contributed by atoms with Gasteiger partial charge in [-0.3, -0.25) is 0 Å². The van der Waals surface area contributed by atoms with Crippen LogP contribution >= 0.6 is 0 Å². The third kappa shape index (κ3) is 3.98. The van der Waals surface area contributed by atoms with E-state index in [9.17, 15) is 4.79 Å². The summed E-state index contributed by atoms with van der Waals surface area (Å²) in [5, 5.41) is 0. The van der Waals surface area contributed by atoms with Crippen LogP contribution in [0.2, 0.25) is 0 Å². The second-order valence-corrected chi connectivity index (χ2v) is 3.87. The van der Waals surface area contributed by atoms with E-state index >= 15 is 0 Å². The van der Waals surface area contributed by atoms with E-state index in [2.05, 4.69) is 6.58 Å². The number of carbonyl (C=O) groups is 1. The van der Waals surface area contributed by atoms with E-state index in [1.807, 2.05) is 13.8 Å². The van der Waals surface area contributed by atoms with Gasteiger partial charge >= 0.3 is 5.97 Å². The molecular weight excluding hydrogens is 156 g/mol. The monoisotopic (exact) mass is 172 g/mol. The van der Waals surface area contributed by atoms with E-state index in [0.29, 0.717) is 12.0 Å². The summed E-state index contributed by atoms with van der Waals surface area (Å²) in [5.74, 6) is -0.227. The molecule has 0 rings (SSSR count). The van der Waals surface area contributed by atoms with Crippen molar-refractivity contribution in [3.63, 3.8) is 0 Å². The third-order valence-electron chi connectivity index (χ3n) is 1.60. The first kappa shape index (κ1) is 10.4. The SMILES string of the molecule is C=C(CC)C(=O)OC([SiH3])CC. The number of hydrogen-bond acceptors (Lipinski definition) is 2. The predicted molar refractivity (Wildman–Crippen MR) is 49.5 cm³/mol. The van der Waals surface area contributed by atoms with Gasteiger partial charge in [0, 0.05) is 5.57 Å². The molecule has 0 saturated heterocycles. The zero-order valence-electron chi connectivity index (χ0n) is 7.52. The minimum absolute atomic E-state index is 0.144. The Bertz CT molecular complexity index is 154. The lowest BCUT2D eigenvalue weighted by molar-refractivity contribution is -0.140. The summed E-state index contributed by atoms with van der Waals surface area (Å²) < 4.78 is 5.08. The van der Waals surface area contributed by atoms with Crippen molar-refractivity contribution in [1.82, 2.24) is 0 Å². The van der Waals surface area contributed by atoms with Crippen LogP contribution < -0.4 is 0 Å². The van der Waals surface area contributed by atoms with Crippen LogP contribution in [0.5, 0.6) is 0 Å². The Labute approximate surface area is 71.1 Å². The van der Waals surface area contributed by atoms with E-state index < -0.39 is 0 Å². The number of esters is 1. The normalized spacial score (nSPS) is 12.5. The minimum Gasteiger partial charge on any atom is -0.464 e. The van der Waals surface area contributed by atoms with Crippen molar-refractivity contribution in [2.24, 2.45) is 0 Å². The second kappa shape index (κ2) is 5.13. The van der Waals surface area contributed by atoms with E-state index in [1.165, 1.54) is 0 Å². The first-order valence-corrected chi connectivity index (χ1v) is 5.16. The largest absolute Gasteiger partial charge is 0.464 e. The molecule has 0 spiro atoms. The fourth-order valence-electron chi connectivity index (χ4n) is 0.494. The summed E-state index contributed by atoms with van der Waals surface area (Å²) in [5.41, 5.74) is 0.713. The van der Waals surface area contributed by atoms with Gasteiger partial charge in [0.2, 0.25) is 0 Å². The van der Waals surface area contributed by atoms with Gasteiger partial charge in [0.1, 0.15) is 0 Å². The van der Waals surface area contributed by atoms with Gasteiger partial charge in [-0.1, -0.05) is 20.4 Å². The summed E-state index contributed by atoms with van der Waals surface area (Å²) in [6, 6.07) is 0. The maximum atomic E-state index is 11.0. The molecule has 2 nitrogen and oxygen atoms in total. The van der Waals surface area contributed by atoms with Crippen LogP contribution in [-0.2, 0) is 9.53 Å². The van der Waals surface area contributed by atoms with Gasteiger partial charge in [0.15, 0.2) is 0 Å². The highest BCUT2D eigenvalue weighted by Gasteiger charge is 2.08. The zero-order valence-corrected chi connectivity index (χ0v) is 9.52. The quantitative estimate of drug-likeness (QED) is 0.352. The Balaban J connectivity index is 3.77. The molecule has 0 heterocycles. The Morgan fingerprint density at radius 2 is 2.18 bits per heavy atom. The Morgan fingerprint density at radius 3 is 2.55 bits per heavy atom. The lowest BCUT2D eigenvalue weighted by Gasteiger charge is -2.10. The molecule has 1 unspecified atom stereocenters. The molecule has 0 saturated carbocycles. The topological polar surface area (TPSA) is 26.3 Å². The Kier molecular flexibility index (Phi) is 4.86. The van der Waals surface area contributed by atoms with E-state index in [-0.39, 0.29) is 11.7 Å². The van der Waals surface area contributed by atoms with Crippen molar-refractivity contribution in [3.8, 4) is 0 Å². The number of hydrogen-bond donors (Lipinski definition) is 0. The zero-order chi connectivity index (χ0) is 8.85. The molecular formula is C8H16O2Si. The fourth-order valence-corrected chi connectivity index (χ4v) is 0.708. The van der Waals surface area contributed by atoms with Crippen LogP contribution in [0.25, 0.3) is 0 Å². The van der Waals surface area contributed by atoms with Gasteiger partial charge in [-0.15, -0.1) is 0 Å². The van der Waals surface area contributed by atoms with Gasteiger partial charge in [-0.2, -0.15) is 0 Å². The molecule has 0 aliphatic heterocycles.